The lowest BCUT2D eigenvalue weighted by atomic mass is 10.1. The lowest BCUT2D eigenvalue weighted by Crippen LogP contribution is -2.01. The van der Waals surface area contributed by atoms with Crippen LogP contribution >= 0.6 is 12.6 Å². The Morgan fingerprint density at radius 3 is 2.60 bits per heavy atom. The summed E-state index contributed by atoms with van der Waals surface area (Å²) >= 11 is 4.90. The molecule has 0 fully saturated rings. The zero-order chi connectivity index (χ0) is 10.5. The fourth-order valence-electron chi connectivity index (χ4n) is 1.60. The zero-order valence-corrected chi connectivity index (χ0v) is 9.39. The summed E-state index contributed by atoms with van der Waals surface area (Å²) in [5, 5.41) is 5.93. The zero-order valence-electron chi connectivity index (χ0n) is 8.57. The molecule has 2 aromatic carbocycles. The Morgan fingerprint density at radius 1 is 1.00 bits per heavy atom. The van der Waals surface area contributed by atoms with Crippen molar-refractivity contribution in [3.63, 3.8) is 0 Å². The first kappa shape index (κ1) is 10.4. The Balaban J connectivity index is 2.16. The van der Waals surface area contributed by atoms with E-state index in [4.69, 9.17) is 12.6 Å². The van der Waals surface area contributed by atoms with E-state index in [9.17, 15) is 0 Å². The Bertz CT molecular complexity index is 439. The molecule has 0 aromatic heterocycles. The fraction of sp³-hybridized carbons (Fsp3) is 0.231. The average Bonchev–Trinajstić information content (AvgIpc) is 2.29. The van der Waals surface area contributed by atoms with Gasteiger partial charge in [-0.1, -0.05) is 43.0 Å². The van der Waals surface area contributed by atoms with Gasteiger partial charge in [0.1, 0.15) is 0 Å². The molecule has 0 spiro atoms. The molecule has 0 aliphatic rings. The Hall–Kier alpha value is -1.15. The Kier molecular flexibility index (Phi) is 3.51. The van der Waals surface area contributed by atoms with E-state index in [1.54, 1.807) is 0 Å². The summed E-state index contributed by atoms with van der Waals surface area (Å²) in [4.78, 5) is 0. The largest absolute Gasteiger partial charge is 0.385 e. The van der Waals surface area contributed by atoms with Crippen molar-refractivity contribution in [2.24, 2.45) is 0 Å². The number of anilines is 1. The molecule has 1 radical (unpaired) electrons. The van der Waals surface area contributed by atoms with Gasteiger partial charge in [-0.05, 0) is 29.3 Å². The van der Waals surface area contributed by atoms with Crippen LogP contribution in [0.2, 0.25) is 0 Å². The molecule has 0 unspecified atom stereocenters. The maximum Gasteiger partial charge on any atom is 0.0346 e. The maximum absolute atomic E-state index is 4.90. The molecule has 1 N–H and O–H groups in total. The molecule has 2 rings (SSSR count). The third kappa shape index (κ3) is 2.66. The molecule has 15 heavy (non-hydrogen) atoms. The first-order valence-corrected chi connectivity index (χ1v) is 5.78. The van der Waals surface area contributed by atoms with Crippen molar-refractivity contribution in [1.82, 2.24) is 0 Å². The van der Waals surface area contributed by atoms with Gasteiger partial charge in [0.05, 0.1) is 0 Å². The quantitative estimate of drug-likeness (QED) is 0.766. The predicted molar refractivity (Wildman–Crippen MR) is 69.5 cm³/mol. The molecule has 0 aliphatic carbocycles. The molecule has 0 atom stereocenters. The van der Waals surface area contributed by atoms with Gasteiger partial charge >= 0.3 is 0 Å². The lowest BCUT2D eigenvalue weighted by Gasteiger charge is -2.06. The third-order valence-corrected chi connectivity index (χ3v) is 2.69. The molecule has 2 heteroatoms. The van der Waals surface area contributed by atoms with Crippen LogP contribution in [0.5, 0.6) is 0 Å². The Labute approximate surface area is 95.9 Å². The summed E-state index contributed by atoms with van der Waals surface area (Å²) in [6, 6.07) is 14.8. The van der Waals surface area contributed by atoms with Crippen LogP contribution in [0.3, 0.4) is 0 Å². The van der Waals surface area contributed by atoms with Crippen molar-refractivity contribution in [1.29, 1.82) is 0 Å². The molecule has 0 aliphatic heterocycles. The first-order valence-electron chi connectivity index (χ1n) is 5.21. The SMILES string of the molecule is [S]CCCNc1ccc2ccccc2c1. The monoisotopic (exact) mass is 216 g/mol. The number of hydrogen-bond donors (Lipinski definition) is 1. The highest BCUT2D eigenvalue weighted by Crippen LogP contribution is 2.18. The van der Waals surface area contributed by atoms with Crippen molar-refractivity contribution in [2.75, 3.05) is 17.6 Å². The number of benzene rings is 2. The number of fused-ring (bicyclic) bond motifs is 1. The Morgan fingerprint density at radius 2 is 1.80 bits per heavy atom. The minimum Gasteiger partial charge on any atom is -0.385 e. The van der Waals surface area contributed by atoms with Gasteiger partial charge < -0.3 is 5.32 Å². The molecule has 2 aromatic rings. The smallest absolute Gasteiger partial charge is 0.0346 e. The number of nitrogens with one attached hydrogen (secondary N) is 1. The van der Waals surface area contributed by atoms with Crippen LogP contribution in [0.25, 0.3) is 10.8 Å². The summed E-state index contributed by atoms with van der Waals surface area (Å²) in [5.74, 6) is 0.820. The van der Waals surface area contributed by atoms with Crippen LogP contribution < -0.4 is 5.32 Å². The molecule has 1 nitrogen and oxygen atoms in total. The van der Waals surface area contributed by atoms with Gasteiger partial charge in [-0.2, -0.15) is 0 Å². The van der Waals surface area contributed by atoms with E-state index < -0.39 is 0 Å². The molecule has 0 heterocycles. The molecule has 0 amide bonds. The van der Waals surface area contributed by atoms with E-state index in [0.29, 0.717) is 0 Å². The second-order valence-electron chi connectivity index (χ2n) is 3.55. The second-order valence-corrected chi connectivity index (χ2v) is 3.95. The van der Waals surface area contributed by atoms with Crippen LogP contribution in [-0.2, 0) is 0 Å². The van der Waals surface area contributed by atoms with E-state index in [-0.39, 0.29) is 0 Å². The summed E-state index contributed by atoms with van der Waals surface area (Å²) in [6.07, 6.45) is 1.04. The summed E-state index contributed by atoms with van der Waals surface area (Å²) in [5.41, 5.74) is 1.18. The highest BCUT2D eigenvalue weighted by molar-refractivity contribution is 7.80. The van der Waals surface area contributed by atoms with Gasteiger partial charge in [0.25, 0.3) is 0 Å². The van der Waals surface area contributed by atoms with E-state index >= 15 is 0 Å². The van der Waals surface area contributed by atoms with Crippen molar-refractivity contribution in [2.45, 2.75) is 6.42 Å². The molecule has 0 saturated carbocycles. The normalized spacial score (nSPS) is 10.5. The van der Waals surface area contributed by atoms with Crippen LogP contribution in [0.4, 0.5) is 5.69 Å². The highest BCUT2D eigenvalue weighted by atomic mass is 32.1. The van der Waals surface area contributed by atoms with Crippen LogP contribution in [0.1, 0.15) is 6.42 Å². The van der Waals surface area contributed by atoms with Crippen LogP contribution in [0.15, 0.2) is 42.5 Å². The minimum atomic E-state index is 0.820. The fourth-order valence-corrected chi connectivity index (χ4v) is 1.75. The topological polar surface area (TPSA) is 12.0 Å². The molecule has 77 valence electrons. The predicted octanol–water partition coefficient (Wildman–Crippen LogP) is 3.84. The van der Waals surface area contributed by atoms with Gasteiger partial charge in [0.2, 0.25) is 0 Å². The third-order valence-electron chi connectivity index (χ3n) is 2.40. The standard InChI is InChI=1S/C13H14NS/c15-9-3-8-14-13-7-6-11-4-1-2-5-12(11)10-13/h1-2,4-7,10,14H,3,8-9H2. The highest BCUT2D eigenvalue weighted by Gasteiger charge is 1.94. The van der Waals surface area contributed by atoms with E-state index in [0.717, 1.165) is 18.7 Å². The van der Waals surface area contributed by atoms with Crippen molar-refractivity contribution >= 4 is 29.1 Å². The van der Waals surface area contributed by atoms with Crippen molar-refractivity contribution in [3.8, 4) is 0 Å². The van der Waals surface area contributed by atoms with E-state index in [1.807, 2.05) is 0 Å². The summed E-state index contributed by atoms with van der Waals surface area (Å²) in [6.45, 7) is 0.960. The second kappa shape index (κ2) is 5.08. The number of hydrogen-bond acceptors (Lipinski definition) is 1. The van der Waals surface area contributed by atoms with Crippen LogP contribution in [0, 0.1) is 0 Å². The van der Waals surface area contributed by atoms with Gasteiger partial charge in [0.15, 0.2) is 0 Å². The maximum atomic E-state index is 4.90. The molecular weight excluding hydrogens is 202 g/mol. The van der Waals surface area contributed by atoms with Gasteiger partial charge in [-0.3, -0.25) is 0 Å². The first-order chi connectivity index (χ1) is 7.40. The lowest BCUT2D eigenvalue weighted by molar-refractivity contribution is 0.996. The molecular formula is C13H14NS. The van der Waals surface area contributed by atoms with Gasteiger partial charge in [0, 0.05) is 18.0 Å². The van der Waals surface area contributed by atoms with E-state index in [1.165, 1.54) is 16.5 Å². The summed E-state index contributed by atoms with van der Waals surface area (Å²) < 4.78 is 0. The average molecular weight is 216 g/mol. The summed E-state index contributed by atoms with van der Waals surface area (Å²) in [7, 11) is 0. The molecule has 0 bridgehead atoms. The number of rotatable bonds is 4. The molecule has 0 saturated heterocycles. The van der Waals surface area contributed by atoms with Gasteiger partial charge in [-0.15, -0.1) is 0 Å². The minimum absolute atomic E-state index is 0.820. The van der Waals surface area contributed by atoms with Crippen LogP contribution in [-0.4, -0.2) is 12.3 Å². The van der Waals surface area contributed by atoms with Crippen molar-refractivity contribution in [3.05, 3.63) is 42.5 Å². The van der Waals surface area contributed by atoms with Gasteiger partial charge in [-0.25, -0.2) is 0 Å². The van der Waals surface area contributed by atoms with Crippen molar-refractivity contribution < 1.29 is 0 Å². The van der Waals surface area contributed by atoms with E-state index in [2.05, 4.69) is 47.8 Å².